The van der Waals surface area contributed by atoms with E-state index < -0.39 is 11.8 Å². The van der Waals surface area contributed by atoms with E-state index in [1.54, 1.807) is 13.4 Å². The molecule has 2 aromatic rings. The van der Waals surface area contributed by atoms with E-state index in [9.17, 15) is 14.4 Å². The maximum Gasteiger partial charge on any atom is 0.248 e. The van der Waals surface area contributed by atoms with Crippen molar-refractivity contribution in [2.24, 2.45) is 11.5 Å². The Morgan fingerprint density at radius 2 is 1.85 bits per heavy atom. The van der Waals surface area contributed by atoms with Crippen molar-refractivity contribution < 1.29 is 19.1 Å². The third kappa shape index (κ3) is 6.08. The molecule has 10 nitrogen and oxygen atoms in total. The Morgan fingerprint density at radius 1 is 1.19 bits per heavy atom. The summed E-state index contributed by atoms with van der Waals surface area (Å²) in [5.74, 6) is -1.74. The van der Waals surface area contributed by atoms with Gasteiger partial charge in [-0.05, 0) is 24.6 Å². The highest BCUT2D eigenvalue weighted by atomic mass is 32.2. The lowest BCUT2D eigenvalue weighted by molar-refractivity contribution is -0.113. The van der Waals surface area contributed by atoms with Crippen molar-refractivity contribution in [3.05, 3.63) is 35.7 Å². The molecular formula is C16H20N6O4S. The molecule has 0 saturated carbocycles. The number of rotatable bonds is 10. The summed E-state index contributed by atoms with van der Waals surface area (Å²) < 4.78 is 6.84. The Hall–Kier alpha value is -2.92. The molecule has 1 aromatic carbocycles. The number of nitrogens with zero attached hydrogens (tertiary/aromatic N) is 3. The molecule has 0 fully saturated rings. The Morgan fingerprint density at radius 3 is 2.44 bits per heavy atom. The summed E-state index contributed by atoms with van der Waals surface area (Å²) in [7, 11) is 1.63. The fourth-order valence-electron chi connectivity index (χ4n) is 2.20. The number of thioether (sulfide) groups is 1. The largest absolute Gasteiger partial charge is 0.385 e. The summed E-state index contributed by atoms with van der Waals surface area (Å²) in [5.41, 5.74) is 10.9. The number of amides is 3. The van der Waals surface area contributed by atoms with Gasteiger partial charge in [-0.1, -0.05) is 11.8 Å². The van der Waals surface area contributed by atoms with Gasteiger partial charge in [0.05, 0.1) is 5.75 Å². The summed E-state index contributed by atoms with van der Waals surface area (Å²) in [6, 6.07) is 4.03. The first-order chi connectivity index (χ1) is 12.9. The number of primary amides is 2. The molecule has 2 rings (SSSR count). The molecule has 0 aliphatic heterocycles. The third-order valence-electron chi connectivity index (χ3n) is 3.45. The number of methoxy groups -OCH3 is 1. The maximum atomic E-state index is 12.2. The number of aromatic nitrogens is 3. The number of nitrogens with one attached hydrogen (secondary N) is 1. The molecule has 1 heterocycles. The summed E-state index contributed by atoms with van der Waals surface area (Å²) in [5, 5.41) is 11.0. The van der Waals surface area contributed by atoms with Crippen molar-refractivity contribution in [3.63, 3.8) is 0 Å². The molecule has 27 heavy (non-hydrogen) atoms. The van der Waals surface area contributed by atoms with Crippen molar-refractivity contribution >= 4 is 35.2 Å². The monoisotopic (exact) mass is 392 g/mol. The normalized spacial score (nSPS) is 10.6. The van der Waals surface area contributed by atoms with Crippen LogP contribution < -0.4 is 16.8 Å². The van der Waals surface area contributed by atoms with Gasteiger partial charge >= 0.3 is 0 Å². The van der Waals surface area contributed by atoms with Gasteiger partial charge in [0.25, 0.3) is 0 Å². The van der Waals surface area contributed by atoms with Crippen LogP contribution in [-0.4, -0.2) is 52.0 Å². The first-order valence-electron chi connectivity index (χ1n) is 7.94. The molecule has 0 saturated heterocycles. The average molecular weight is 392 g/mol. The second-order valence-corrected chi connectivity index (χ2v) is 6.46. The number of aryl methyl sites for hydroxylation is 1. The van der Waals surface area contributed by atoms with Crippen LogP contribution in [0.2, 0.25) is 0 Å². The Kier molecular flexibility index (Phi) is 7.32. The highest BCUT2D eigenvalue weighted by Crippen LogP contribution is 2.18. The van der Waals surface area contributed by atoms with Crippen molar-refractivity contribution in [1.82, 2.24) is 14.8 Å². The molecule has 0 bridgehead atoms. The number of carbonyl (C=O) groups is 3. The van der Waals surface area contributed by atoms with Crippen LogP contribution in [0.1, 0.15) is 27.1 Å². The van der Waals surface area contributed by atoms with E-state index in [1.807, 2.05) is 4.57 Å². The molecule has 0 aliphatic carbocycles. The van der Waals surface area contributed by atoms with Gasteiger partial charge in [-0.2, -0.15) is 0 Å². The van der Waals surface area contributed by atoms with Gasteiger partial charge in [-0.15, -0.1) is 10.2 Å². The minimum Gasteiger partial charge on any atom is -0.385 e. The molecule has 0 unspecified atom stereocenters. The molecule has 5 N–H and O–H groups in total. The van der Waals surface area contributed by atoms with Crippen LogP contribution in [0.4, 0.5) is 5.69 Å². The molecule has 0 aliphatic rings. The van der Waals surface area contributed by atoms with Gasteiger partial charge in [0.15, 0.2) is 5.16 Å². The first-order valence-corrected chi connectivity index (χ1v) is 8.93. The van der Waals surface area contributed by atoms with Crippen LogP contribution in [0, 0.1) is 0 Å². The SMILES string of the molecule is COCCCn1cnnc1SCC(=O)Nc1cc(C(N)=O)cc(C(N)=O)c1. The predicted molar refractivity (Wildman–Crippen MR) is 99.3 cm³/mol. The van der Waals surface area contributed by atoms with Gasteiger partial charge < -0.3 is 26.1 Å². The number of hydrogen-bond donors (Lipinski definition) is 3. The molecule has 0 radical (unpaired) electrons. The molecule has 0 spiro atoms. The Bertz CT molecular complexity index is 806. The maximum absolute atomic E-state index is 12.2. The quantitative estimate of drug-likeness (QED) is 0.386. The van der Waals surface area contributed by atoms with Crippen LogP contribution in [0.15, 0.2) is 29.7 Å². The smallest absolute Gasteiger partial charge is 0.248 e. The summed E-state index contributed by atoms with van der Waals surface area (Å²) >= 11 is 1.21. The highest BCUT2D eigenvalue weighted by molar-refractivity contribution is 7.99. The fourth-order valence-corrected chi connectivity index (χ4v) is 2.94. The summed E-state index contributed by atoms with van der Waals surface area (Å²) in [4.78, 5) is 34.9. The zero-order valence-corrected chi connectivity index (χ0v) is 15.5. The van der Waals surface area contributed by atoms with Crippen molar-refractivity contribution in [3.8, 4) is 0 Å². The zero-order valence-electron chi connectivity index (χ0n) is 14.7. The van der Waals surface area contributed by atoms with Crippen molar-refractivity contribution in [1.29, 1.82) is 0 Å². The number of nitrogens with two attached hydrogens (primary N) is 2. The van der Waals surface area contributed by atoms with Gasteiger partial charge in [0, 0.05) is 37.1 Å². The summed E-state index contributed by atoms with van der Waals surface area (Å²) in [6.45, 7) is 1.29. The van der Waals surface area contributed by atoms with Crippen LogP contribution in [0.25, 0.3) is 0 Å². The molecular weight excluding hydrogens is 372 g/mol. The minimum absolute atomic E-state index is 0.0652. The molecule has 3 amide bonds. The first kappa shape index (κ1) is 20.4. The van der Waals surface area contributed by atoms with E-state index in [0.29, 0.717) is 18.3 Å². The topological polar surface area (TPSA) is 155 Å². The second kappa shape index (κ2) is 9.69. The average Bonchev–Trinajstić information content (AvgIpc) is 3.07. The van der Waals surface area contributed by atoms with Gasteiger partial charge in [0.1, 0.15) is 6.33 Å². The minimum atomic E-state index is -0.730. The number of benzene rings is 1. The van der Waals surface area contributed by atoms with E-state index in [4.69, 9.17) is 16.2 Å². The number of anilines is 1. The van der Waals surface area contributed by atoms with E-state index in [1.165, 1.54) is 30.0 Å². The van der Waals surface area contributed by atoms with Crippen LogP contribution in [0.3, 0.4) is 0 Å². The summed E-state index contributed by atoms with van der Waals surface area (Å²) in [6.07, 6.45) is 2.38. The number of hydrogen-bond acceptors (Lipinski definition) is 7. The van der Waals surface area contributed by atoms with Gasteiger partial charge in [-0.3, -0.25) is 14.4 Å². The molecule has 0 atom stereocenters. The lowest BCUT2D eigenvalue weighted by Crippen LogP contribution is -2.19. The molecule has 144 valence electrons. The fraction of sp³-hybridized carbons (Fsp3) is 0.312. The predicted octanol–water partition coefficient (Wildman–Crippen LogP) is 0.243. The Balaban J connectivity index is 1.99. The molecule has 1 aromatic heterocycles. The van der Waals surface area contributed by atoms with Crippen LogP contribution >= 0.6 is 11.8 Å². The van der Waals surface area contributed by atoms with E-state index in [2.05, 4.69) is 15.5 Å². The standard InChI is InChI=1S/C16H20N6O4S/c1-26-4-2-3-22-9-19-21-16(22)27-8-13(23)20-12-6-10(14(17)24)5-11(7-12)15(18)25/h5-7,9H,2-4,8H2,1H3,(H2,17,24)(H2,18,25)(H,20,23). The lowest BCUT2D eigenvalue weighted by atomic mass is 10.1. The van der Waals surface area contributed by atoms with Gasteiger partial charge in [0.2, 0.25) is 17.7 Å². The Labute approximate surface area is 159 Å². The molecule has 11 heteroatoms. The van der Waals surface area contributed by atoms with Gasteiger partial charge in [-0.25, -0.2) is 0 Å². The van der Waals surface area contributed by atoms with Crippen LogP contribution in [0.5, 0.6) is 0 Å². The number of ether oxygens (including phenoxy) is 1. The van der Waals surface area contributed by atoms with E-state index in [0.717, 1.165) is 6.42 Å². The van der Waals surface area contributed by atoms with Crippen molar-refractivity contribution in [2.45, 2.75) is 18.1 Å². The zero-order chi connectivity index (χ0) is 19.8. The van der Waals surface area contributed by atoms with Crippen molar-refractivity contribution in [2.75, 3.05) is 24.8 Å². The highest BCUT2D eigenvalue weighted by Gasteiger charge is 2.13. The lowest BCUT2D eigenvalue weighted by Gasteiger charge is -2.09. The second-order valence-electron chi connectivity index (χ2n) is 5.52. The van der Waals surface area contributed by atoms with E-state index >= 15 is 0 Å². The van der Waals surface area contributed by atoms with Crippen LogP contribution in [-0.2, 0) is 16.1 Å². The number of carbonyl (C=O) groups excluding carboxylic acids is 3. The van der Waals surface area contributed by atoms with E-state index in [-0.39, 0.29) is 28.5 Å². The third-order valence-corrected chi connectivity index (χ3v) is 4.43.